The number of halogens is 3. The highest BCUT2D eigenvalue weighted by Crippen LogP contribution is 2.46. The lowest BCUT2D eigenvalue weighted by Crippen LogP contribution is -2.56. The van der Waals surface area contributed by atoms with Gasteiger partial charge in [-0.1, -0.05) is 26.0 Å². The smallest absolute Gasteiger partial charge is 0.427 e. The van der Waals surface area contributed by atoms with Crippen LogP contribution in [0.15, 0.2) is 36.7 Å². The number of hydrogen-bond donors (Lipinski definition) is 3. The summed E-state index contributed by atoms with van der Waals surface area (Å²) in [6.07, 6.45) is 3.09. The molecule has 6 rings (SSSR count). The number of aromatic nitrogens is 2. The van der Waals surface area contributed by atoms with Crippen LogP contribution in [0.3, 0.4) is 0 Å². The van der Waals surface area contributed by atoms with Crippen LogP contribution in [0.5, 0.6) is 11.6 Å². The van der Waals surface area contributed by atoms with E-state index in [9.17, 15) is 40.8 Å². The van der Waals surface area contributed by atoms with Crippen molar-refractivity contribution in [3.8, 4) is 11.6 Å². The third-order valence-corrected chi connectivity index (χ3v) is 12.3. The number of sulfonamides is 1. The third-order valence-electron chi connectivity index (χ3n) is 10.5. The number of fused-ring (bicyclic) bond motifs is 3. The zero-order chi connectivity index (χ0) is 41.2. The van der Waals surface area contributed by atoms with Crippen LogP contribution < -0.4 is 25.2 Å². The molecule has 0 bridgehead atoms. The van der Waals surface area contributed by atoms with Crippen LogP contribution in [-0.2, 0) is 29.1 Å². The summed E-state index contributed by atoms with van der Waals surface area (Å²) in [5, 5.41) is 2.99. The molecule has 2 aromatic rings. The van der Waals surface area contributed by atoms with Crippen LogP contribution >= 0.6 is 0 Å². The molecule has 4 N–H and O–H groups in total. The zero-order valence-electron chi connectivity index (χ0n) is 31.9. The summed E-state index contributed by atoms with van der Waals surface area (Å²) < 4.78 is 78.6. The summed E-state index contributed by atoms with van der Waals surface area (Å²) in [5.41, 5.74) is 1.13. The zero-order valence-corrected chi connectivity index (χ0v) is 32.7. The van der Waals surface area contributed by atoms with E-state index in [1.807, 2.05) is 12.2 Å². The minimum absolute atomic E-state index is 0. The molecule has 3 heterocycles. The Balaban J connectivity index is 0.000000756. The molecule has 314 valence electrons. The fourth-order valence-electron chi connectivity index (χ4n) is 7.02. The van der Waals surface area contributed by atoms with Gasteiger partial charge in [-0.05, 0) is 76.3 Å². The van der Waals surface area contributed by atoms with Gasteiger partial charge in [0.25, 0.3) is 5.91 Å². The number of carbonyl (C=O) groups excluding carboxylic acids is 4. The number of methoxy groups -OCH3 is 1. The first-order valence-corrected chi connectivity index (χ1v) is 20.0. The molecule has 4 aliphatic rings. The van der Waals surface area contributed by atoms with E-state index in [-0.39, 0.29) is 47.8 Å². The third kappa shape index (κ3) is 10.00. The lowest BCUT2D eigenvalue weighted by molar-refractivity contribution is -0.243. The number of amides is 4. The molecular formula is C37H55F3N6O9S. The van der Waals surface area contributed by atoms with Crippen LogP contribution in [0.4, 0.5) is 18.0 Å². The molecule has 3 fully saturated rings. The van der Waals surface area contributed by atoms with E-state index in [1.165, 1.54) is 6.33 Å². The molecule has 2 aliphatic heterocycles. The molecule has 2 aliphatic carbocycles. The Hall–Kier alpha value is -4.68. The van der Waals surface area contributed by atoms with Crippen LogP contribution in [0, 0.1) is 17.8 Å². The van der Waals surface area contributed by atoms with Crippen LogP contribution in [-0.4, -0.2) is 95.5 Å². The minimum Gasteiger partial charge on any atom is -0.497 e. The number of allylic oxidation sites excluding steroid dienone is 1. The van der Waals surface area contributed by atoms with Gasteiger partial charge >= 0.3 is 12.3 Å². The fraction of sp³-hybridized carbons (Fsp3) is 0.622. The Morgan fingerprint density at radius 2 is 1.80 bits per heavy atom. The van der Waals surface area contributed by atoms with E-state index in [0.29, 0.717) is 41.3 Å². The van der Waals surface area contributed by atoms with Crippen molar-refractivity contribution in [3.63, 3.8) is 0 Å². The van der Waals surface area contributed by atoms with E-state index in [4.69, 9.17) is 9.47 Å². The Kier molecular flexibility index (Phi) is 12.5. The molecule has 19 heteroatoms. The summed E-state index contributed by atoms with van der Waals surface area (Å²) in [6.45, 7) is 5.83. The second-order valence-corrected chi connectivity index (χ2v) is 17.6. The summed E-state index contributed by atoms with van der Waals surface area (Å²) in [4.78, 5) is 61.4. The molecule has 6 atom stereocenters. The maximum absolute atomic E-state index is 14.0. The second kappa shape index (κ2) is 16.4. The number of primary amides is 1. The van der Waals surface area contributed by atoms with Gasteiger partial charge in [0.1, 0.15) is 29.8 Å². The summed E-state index contributed by atoms with van der Waals surface area (Å²) >= 11 is 0. The molecule has 0 spiro atoms. The molecule has 15 nitrogen and oxygen atoms in total. The molecule has 0 unspecified atom stereocenters. The number of ether oxygens (including phenoxy) is 3. The minimum atomic E-state index is -4.60. The fourth-order valence-corrected chi connectivity index (χ4v) is 8.38. The number of rotatable bonds is 7. The van der Waals surface area contributed by atoms with E-state index in [0.717, 1.165) is 33.1 Å². The van der Waals surface area contributed by atoms with Crippen molar-refractivity contribution in [1.82, 2.24) is 24.9 Å². The van der Waals surface area contributed by atoms with Crippen LogP contribution in [0.25, 0.3) is 10.9 Å². The number of hydrogen-bond acceptors (Lipinski definition) is 11. The van der Waals surface area contributed by atoms with E-state index >= 15 is 0 Å². The van der Waals surface area contributed by atoms with E-state index in [1.54, 1.807) is 30.2 Å². The number of nitrogens with zero attached hydrogens (tertiary/aromatic N) is 3. The highest BCUT2D eigenvalue weighted by Gasteiger charge is 2.62. The Bertz CT molecular complexity index is 1980. The maximum atomic E-state index is 14.0. The van der Waals surface area contributed by atoms with Gasteiger partial charge in [-0.3, -0.25) is 19.1 Å². The number of carbonyl (C=O) groups is 4. The maximum Gasteiger partial charge on any atom is 0.427 e. The molecule has 2 saturated carbocycles. The van der Waals surface area contributed by atoms with E-state index in [2.05, 4.69) is 44.3 Å². The number of nitrogens with two attached hydrogens (primary N) is 1. The average molecular weight is 817 g/mol. The SMILES string of the molecule is CC(C)(OC(N)=O)C(F)(F)F.COc1ccc2c(O[C@@H]3C[C@H]4C(=O)N[C@]5(C(=O)NS(=O)(=O)C6CC6)C[C@H]5/C=C\CC[C@@H](C)C[C@@H](C)CC(=O)N4C3)ncnc2c1.[HH].[HH].[HH]. The number of nitrogens with one attached hydrogen (secondary N) is 2. The summed E-state index contributed by atoms with van der Waals surface area (Å²) in [5.74, 6) is -0.268. The van der Waals surface area contributed by atoms with Crippen LogP contribution in [0.1, 0.15) is 83.3 Å². The van der Waals surface area contributed by atoms with Crippen molar-refractivity contribution in [2.24, 2.45) is 23.5 Å². The van der Waals surface area contributed by atoms with Gasteiger partial charge in [-0.25, -0.2) is 23.2 Å². The predicted molar refractivity (Wildman–Crippen MR) is 203 cm³/mol. The monoisotopic (exact) mass is 816 g/mol. The Morgan fingerprint density at radius 1 is 1.09 bits per heavy atom. The first kappa shape index (κ1) is 42.5. The van der Waals surface area contributed by atoms with Crippen molar-refractivity contribution in [3.05, 3.63) is 36.7 Å². The lowest BCUT2D eigenvalue weighted by atomic mass is 9.91. The molecular weight excluding hydrogens is 762 g/mol. The van der Waals surface area contributed by atoms with Gasteiger partial charge in [-0.15, -0.1) is 0 Å². The van der Waals surface area contributed by atoms with Crippen LogP contribution in [0.2, 0.25) is 0 Å². The molecule has 1 aromatic heterocycles. The highest BCUT2D eigenvalue weighted by molar-refractivity contribution is 7.91. The number of benzene rings is 1. The topological polar surface area (TPSA) is 209 Å². The summed E-state index contributed by atoms with van der Waals surface area (Å²) in [7, 11) is -2.24. The van der Waals surface area contributed by atoms with E-state index < -0.39 is 62.6 Å². The largest absolute Gasteiger partial charge is 0.497 e. The molecule has 0 radical (unpaired) electrons. The van der Waals surface area contributed by atoms with Crippen molar-refractivity contribution in [1.29, 1.82) is 0 Å². The molecule has 1 saturated heterocycles. The first-order chi connectivity index (χ1) is 26.2. The van der Waals surface area contributed by atoms with Gasteiger partial charge in [-0.2, -0.15) is 13.2 Å². The quantitative estimate of drug-likeness (QED) is 0.316. The molecule has 1 aromatic carbocycles. The number of alkyl halides is 3. The Morgan fingerprint density at radius 3 is 2.43 bits per heavy atom. The van der Waals surface area contributed by atoms with Gasteiger partial charge < -0.3 is 30.2 Å². The molecule has 56 heavy (non-hydrogen) atoms. The standard InChI is InChI=1S/C32H41N5O7S.C5H8F3NO2.3H2/c1-19-6-4-5-7-21-16-32(21,31(40)36-45(41,42)24-9-10-24)35-29(39)27-15-23(17-37(27)28(38)13-20(2)12-19)44-30-25-11-8-22(43-3)14-26(25)33-18-34-30;1-4(2,5(6,7)8)11-3(9)10;;;/h5,7-8,11,14,18-21,23-24,27H,4,6,9-10,12-13,15-17H2,1-3H3,(H,35,39)(H,36,40);1-2H3,(H2,9,10);3*1H/b7-5-;;;;/t19-,20-,21-,23-,27+,32-;;;;/m1..../s1. The van der Waals surface area contributed by atoms with Gasteiger partial charge in [0.05, 0.1) is 29.8 Å². The van der Waals surface area contributed by atoms with Gasteiger partial charge in [0.2, 0.25) is 33.3 Å². The molecule has 4 amide bonds. The van der Waals surface area contributed by atoms with Gasteiger partial charge in [0, 0.05) is 29.1 Å². The lowest BCUT2D eigenvalue weighted by Gasteiger charge is -2.27. The average Bonchev–Trinajstić information content (AvgIpc) is 4.02. The Labute approximate surface area is 327 Å². The van der Waals surface area contributed by atoms with Crippen molar-refractivity contribution in [2.45, 2.75) is 114 Å². The second-order valence-electron chi connectivity index (χ2n) is 15.6. The van der Waals surface area contributed by atoms with Gasteiger partial charge in [0.15, 0.2) is 0 Å². The van der Waals surface area contributed by atoms with Crippen molar-refractivity contribution < 1.29 is 59.3 Å². The predicted octanol–water partition coefficient (Wildman–Crippen LogP) is 5.03. The van der Waals surface area contributed by atoms with Crippen molar-refractivity contribution >= 4 is 44.7 Å². The normalized spacial score (nSPS) is 27.9. The van der Waals surface area contributed by atoms with Crippen molar-refractivity contribution in [2.75, 3.05) is 13.7 Å². The highest BCUT2D eigenvalue weighted by atomic mass is 32.2. The summed E-state index contributed by atoms with van der Waals surface area (Å²) in [6, 6.07) is 4.46. The first-order valence-electron chi connectivity index (χ1n) is 18.5.